The standard InChI is InChI=1S/C16H28N4O/c1-17-11-7-10-14(18-2)12-20-16(21)15(19-3)13-8-5-4-6-9-13/h4-6,8-9,14-15,17-19H,7,10-12H2,1-3H3,(H,20,21)/t14-,15-/m0/s1. The van der Waals surface area contributed by atoms with Crippen molar-refractivity contribution in [1.82, 2.24) is 21.3 Å². The van der Waals surface area contributed by atoms with Crippen LogP contribution >= 0.6 is 0 Å². The molecule has 1 amide bonds. The highest BCUT2D eigenvalue weighted by atomic mass is 16.2. The van der Waals surface area contributed by atoms with Crippen LogP contribution in [0.5, 0.6) is 0 Å². The molecular formula is C16H28N4O. The average molecular weight is 292 g/mol. The monoisotopic (exact) mass is 292 g/mol. The van der Waals surface area contributed by atoms with Crippen LogP contribution in [0, 0.1) is 0 Å². The van der Waals surface area contributed by atoms with Gasteiger partial charge in [0.15, 0.2) is 0 Å². The van der Waals surface area contributed by atoms with E-state index in [9.17, 15) is 4.79 Å². The highest BCUT2D eigenvalue weighted by molar-refractivity contribution is 5.83. The minimum atomic E-state index is -0.305. The Morgan fingerprint density at radius 3 is 2.38 bits per heavy atom. The summed E-state index contributed by atoms with van der Waals surface area (Å²) in [4.78, 5) is 12.3. The predicted molar refractivity (Wildman–Crippen MR) is 87.3 cm³/mol. The summed E-state index contributed by atoms with van der Waals surface area (Å²) in [5, 5.41) is 12.5. The Kier molecular flexibility index (Phi) is 8.66. The lowest BCUT2D eigenvalue weighted by Gasteiger charge is -2.20. The zero-order chi connectivity index (χ0) is 15.5. The minimum Gasteiger partial charge on any atom is -0.353 e. The molecule has 1 aromatic carbocycles. The van der Waals surface area contributed by atoms with Gasteiger partial charge in [0.25, 0.3) is 0 Å². The molecule has 0 aromatic heterocycles. The molecule has 0 aliphatic carbocycles. The molecule has 0 aliphatic heterocycles. The molecule has 1 rings (SSSR count). The number of rotatable bonds is 10. The number of nitrogens with one attached hydrogen (secondary N) is 4. The number of hydrogen-bond acceptors (Lipinski definition) is 4. The lowest BCUT2D eigenvalue weighted by Crippen LogP contribution is -2.43. The zero-order valence-electron chi connectivity index (χ0n) is 13.3. The summed E-state index contributed by atoms with van der Waals surface area (Å²) in [5.41, 5.74) is 0.980. The Morgan fingerprint density at radius 2 is 1.81 bits per heavy atom. The summed E-state index contributed by atoms with van der Waals surface area (Å²) >= 11 is 0. The van der Waals surface area contributed by atoms with E-state index in [-0.39, 0.29) is 11.9 Å². The molecule has 0 heterocycles. The molecule has 0 fully saturated rings. The molecule has 5 nitrogen and oxygen atoms in total. The van der Waals surface area contributed by atoms with Gasteiger partial charge >= 0.3 is 0 Å². The number of likely N-dealkylation sites (N-methyl/N-ethyl adjacent to an activating group) is 2. The molecule has 0 aliphatic rings. The second kappa shape index (κ2) is 10.3. The van der Waals surface area contributed by atoms with E-state index >= 15 is 0 Å². The van der Waals surface area contributed by atoms with Crippen LogP contribution in [0.15, 0.2) is 30.3 Å². The Labute approximate surface area is 127 Å². The molecule has 118 valence electrons. The topological polar surface area (TPSA) is 65.2 Å². The fourth-order valence-corrected chi connectivity index (χ4v) is 2.29. The van der Waals surface area contributed by atoms with Gasteiger partial charge in [0, 0.05) is 12.6 Å². The molecule has 21 heavy (non-hydrogen) atoms. The molecule has 5 heteroatoms. The number of hydrogen-bond donors (Lipinski definition) is 4. The van der Waals surface area contributed by atoms with E-state index < -0.39 is 0 Å². The van der Waals surface area contributed by atoms with Gasteiger partial charge in [-0.15, -0.1) is 0 Å². The predicted octanol–water partition coefficient (Wildman–Crippen LogP) is 0.651. The van der Waals surface area contributed by atoms with Crippen molar-refractivity contribution >= 4 is 5.91 Å². The number of carbonyl (C=O) groups is 1. The Balaban J connectivity index is 2.46. The van der Waals surface area contributed by atoms with Gasteiger partial charge in [-0.3, -0.25) is 4.79 Å². The van der Waals surface area contributed by atoms with Gasteiger partial charge in [-0.25, -0.2) is 0 Å². The highest BCUT2D eigenvalue weighted by Gasteiger charge is 2.18. The van der Waals surface area contributed by atoms with Crippen LogP contribution < -0.4 is 21.3 Å². The third kappa shape index (κ3) is 6.25. The molecule has 4 N–H and O–H groups in total. The van der Waals surface area contributed by atoms with Gasteiger partial charge in [0.2, 0.25) is 5.91 Å². The number of amides is 1. The van der Waals surface area contributed by atoms with E-state index in [2.05, 4.69) is 21.3 Å². The first-order valence-electron chi connectivity index (χ1n) is 7.54. The molecule has 1 aromatic rings. The van der Waals surface area contributed by atoms with Crippen LogP contribution in [0.1, 0.15) is 24.4 Å². The van der Waals surface area contributed by atoms with Gasteiger partial charge in [0.05, 0.1) is 0 Å². The molecule has 0 radical (unpaired) electrons. The van der Waals surface area contributed by atoms with Gasteiger partial charge < -0.3 is 21.3 Å². The van der Waals surface area contributed by atoms with Crippen LogP contribution in [0.25, 0.3) is 0 Å². The van der Waals surface area contributed by atoms with Gasteiger partial charge in [-0.05, 0) is 46.1 Å². The van der Waals surface area contributed by atoms with Crippen LogP contribution in [0.3, 0.4) is 0 Å². The second-order valence-electron chi connectivity index (χ2n) is 5.11. The van der Waals surface area contributed by atoms with E-state index in [0.29, 0.717) is 12.6 Å². The highest BCUT2D eigenvalue weighted by Crippen LogP contribution is 2.11. The van der Waals surface area contributed by atoms with Gasteiger partial charge in [-0.1, -0.05) is 30.3 Å². The Hall–Kier alpha value is -1.43. The molecule has 0 saturated carbocycles. The quantitative estimate of drug-likeness (QED) is 0.478. The first-order valence-corrected chi connectivity index (χ1v) is 7.54. The maximum absolute atomic E-state index is 12.3. The molecule has 0 unspecified atom stereocenters. The van der Waals surface area contributed by atoms with Crippen molar-refractivity contribution in [3.05, 3.63) is 35.9 Å². The normalized spacial score (nSPS) is 13.7. The minimum absolute atomic E-state index is 0.0116. The maximum atomic E-state index is 12.3. The second-order valence-corrected chi connectivity index (χ2v) is 5.11. The van der Waals surface area contributed by atoms with Gasteiger partial charge in [-0.2, -0.15) is 0 Å². The summed E-state index contributed by atoms with van der Waals surface area (Å²) in [6.07, 6.45) is 2.12. The SMILES string of the molecule is CNCCC[C@@H](CNC(=O)[C@@H](NC)c1ccccc1)NC. The van der Waals surface area contributed by atoms with Crippen molar-refractivity contribution in [2.45, 2.75) is 24.9 Å². The maximum Gasteiger partial charge on any atom is 0.241 e. The Morgan fingerprint density at radius 1 is 1.10 bits per heavy atom. The fourth-order valence-electron chi connectivity index (χ4n) is 2.29. The van der Waals surface area contributed by atoms with Crippen molar-refractivity contribution in [2.24, 2.45) is 0 Å². The van der Waals surface area contributed by atoms with Crippen molar-refractivity contribution in [2.75, 3.05) is 34.2 Å². The first kappa shape index (κ1) is 17.6. The van der Waals surface area contributed by atoms with Crippen molar-refractivity contribution in [3.8, 4) is 0 Å². The van der Waals surface area contributed by atoms with Crippen molar-refractivity contribution < 1.29 is 4.79 Å². The van der Waals surface area contributed by atoms with E-state index in [1.807, 2.05) is 44.4 Å². The van der Waals surface area contributed by atoms with Crippen LogP contribution in [0.4, 0.5) is 0 Å². The van der Waals surface area contributed by atoms with E-state index in [1.54, 1.807) is 7.05 Å². The van der Waals surface area contributed by atoms with E-state index in [1.165, 1.54) is 0 Å². The van der Waals surface area contributed by atoms with E-state index in [4.69, 9.17) is 0 Å². The largest absolute Gasteiger partial charge is 0.353 e. The number of benzene rings is 1. The molecular weight excluding hydrogens is 264 g/mol. The summed E-state index contributed by atoms with van der Waals surface area (Å²) < 4.78 is 0. The van der Waals surface area contributed by atoms with Crippen LogP contribution in [0.2, 0.25) is 0 Å². The van der Waals surface area contributed by atoms with Crippen molar-refractivity contribution in [1.29, 1.82) is 0 Å². The van der Waals surface area contributed by atoms with Gasteiger partial charge in [0.1, 0.15) is 6.04 Å². The molecule has 0 bridgehead atoms. The lowest BCUT2D eigenvalue weighted by molar-refractivity contribution is -0.123. The number of carbonyl (C=O) groups excluding carboxylic acids is 1. The summed E-state index contributed by atoms with van der Waals surface area (Å²) in [7, 11) is 5.69. The van der Waals surface area contributed by atoms with Crippen LogP contribution in [-0.4, -0.2) is 46.2 Å². The average Bonchev–Trinajstić information content (AvgIpc) is 2.52. The first-order chi connectivity index (χ1) is 10.2. The smallest absolute Gasteiger partial charge is 0.241 e. The molecule has 0 spiro atoms. The summed E-state index contributed by atoms with van der Waals surface area (Å²) in [6.45, 7) is 1.64. The van der Waals surface area contributed by atoms with E-state index in [0.717, 1.165) is 24.9 Å². The van der Waals surface area contributed by atoms with Crippen LogP contribution in [-0.2, 0) is 4.79 Å². The summed E-state index contributed by atoms with van der Waals surface area (Å²) in [6, 6.07) is 9.76. The lowest BCUT2D eigenvalue weighted by atomic mass is 10.1. The third-order valence-corrected chi connectivity index (χ3v) is 3.59. The fraction of sp³-hybridized carbons (Fsp3) is 0.562. The zero-order valence-corrected chi connectivity index (χ0v) is 13.3. The summed E-state index contributed by atoms with van der Waals surface area (Å²) in [5.74, 6) is 0.0116. The van der Waals surface area contributed by atoms with Crippen molar-refractivity contribution in [3.63, 3.8) is 0 Å². The third-order valence-electron chi connectivity index (χ3n) is 3.59. The Bertz CT molecular complexity index is 397. The molecule has 2 atom stereocenters. The molecule has 0 saturated heterocycles.